The van der Waals surface area contributed by atoms with Crippen molar-refractivity contribution >= 4 is 16.7 Å². The highest BCUT2D eigenvalue weighted by Crippen LogP contribution is 2.49. The third-order valence-corrected chi connectivity index (χ3v) is 7.23. The number of nitrogens with zero attached hydrogens (tertiary/aromatic N) is 3. The summed E-state index contributed by atoms with van der Waals surface area (Å²) < 4.78 is 66.6. The Morgan fingerprint density at radius 2 is 1.78 bits per heavy atom. The minimum absolute atomic E-state index is 0.0310. The smallest absolute Gasteiger partial charge is 0.354 e. The molecule has 0 saturated heterocycles. The van der Waals surface area contributed by atoms with Crippen LogP contribution in [0.1, 0.15) is 79.3 Å². The van der Waals surface area contributed by atoms with E-state index in [9.17, 15) is 31.5 Å². The van der Waals surface area contributed by atoms with Gasteiger partial charge in [-0.2, -0.15) is 13.2 Å². The molecular weight excluding hydrogens is 483 g/mol. The largest absolute Gasteiger partial charge is 0.391 e. The SMILES string of the molecule is CC(=O)c1nccc2[nH]c(-c3cnc(C4CC(F)(F)C4)nc3[C@H]3CC[C@@H](C(F)(F)F)CC3)cc(=O)c12. The van der Waals surface area contributed by atoms with Gasteiger partial charge in [-0.15, -0.1) is 0 Å². The summed E-state index contributed by atoms with van der Waals surface area (Å²) in [5.74, 6) is -5.16. The van der Waals surface area contributed by atoms with Gasteiger partial charge in [0.25, 0.3) is 0 Å². The van der Waals surface area contributed by atoms with Crippen LogP contribution >= 0.6 is 0 Å². The van der Waals surface area contributed by atoms with Crippen LogP contribution in [-0.4, -0.2) is 37.8 Å². The van der Waals surface area contributed by atoms with Crippen molar-refractivity contribution in [1.82, 2.24) is 19.9 Å². The number of alkyl halides is 5. The molecule has 3 aromatic rings. The van der Waals surface area contributed by atoms with Crippen molar-refractivity contribution in [2.24, 2.45) is 5.92 Å². The van der Waals surface area contributed by atoms with Crippen molar-refractivity contribution < 1.29 is 26.7 Å². The van der Waals surface area contributed by atoms with Gasteiger partial charge < -0.3 is 4.98 Å². The molecule has 0 bridgehead atoms. The molecule has 2 saturated carbocycles. The van der Waals surface area contributed by atoms with E-state index in [2.05, 4.69) is 19.9 Å². The third-order valence-electron chi connectivity index (χ3n) is 7.23. The number of nitrogens with one attached hydrogen (secondary N) is 1. The first-order valence-corrected chi connectivity index (χ1v) is 11.8. The number of hydrogen-bond donors (Lipinski definition) is 1. The number of halogens is 5. The van der Waals surface area contributed by atoms with E-state index in [-0.39, 0.29) is 67.1 Å². The van der Waals surface area contributed by atoms with Crippen LogP contribution in [0.4, 0.5) is 22.0 Å². The summed E-state index contributed by atoms with van der Waals surface area (Å²) >= 11 is 0. The van der Waals surface area contributed by atoms with E-state index in [4.69, 9.17) is 0 Å². The Bertz CT molecular complexity index is 1390. The minimum atomic E-state index is -4.27. The van der Waals surface area contributed by atoms with Crippen LogP contribution in [-0.2, 0) is 0 Å². The zero-order valence-electron chi connectivity index (χ0n) is 19.3. The van der Waals surface area contributed by atoms with Gasteiger partial charge in [0.1, 0.15) is 11.5 Å². The Morgan fingerprint density at radius 1 is 1.08 bits per heavy atom. The summed E-state index contributed by atoms with van der Waals surface area (Å²) in [6.45, 7) is 1.31. The van der Waals surface area contributed by atoms with Crippen LogP contribution in [0.15, 0.2) is 29.3 Å². The molecule has 36 heavy (non-hydrogen) atoms. The number of carbonyl (C=O) groups is 1. The van der Waals surface area contributed by atoms with E-state index in [0.29, 0.717) is 22.5 Å². The molecule has 0 spiro atoms. The second kappa shape index (κ2) is 8.70. The van der Waals surface area contributed by atoms with Gasteiger partial charge in [-0.05, 0) is 31.7 Å². The number of Topliss-reactive ketones (excluding diaryl/α,β-unsaturated/α-hetero) is 1. The Labute approximate surface area is 202 Å². The maximum Gasteiger partial charge on any atom is 0.391 e. The first-order chi connectivity index (χ1) is 16.9. The lowest BCUT2D eigenvalue weighted by atomic mass is 9.78. The fraction of sp³-hybridized carbons (Fsp3) is 0.480. The number of fused-ring (bicyclic) bond motifs is 1. The number of carbonyl (C=O) groups excluding carboxylic acids is 1. The first-order valence-electron chi connectivity index (χ1n) is 11.8. The molecule has 3 heterocycles. The van der Waals surface area contributed by atoms with Gasteiger partial charge in [0, 0.05) is 55.6 Å². The monoisotopic (exact) mass is 506 g/mol. The molecule has 0 aliphatic heterocycles. The van der Waals surface area contributed by atoms with Gasteiger partial charge in [0.05, 0.1) is 28.2 Å². The zero-order valence-corrected chi connectivity index (χ0v) is 19.3. The van der Waals surface area contributed by atoms with Crippen LogP contribution in [0.5, 0.6) is 0 Å². The number of rotatable bonds is 4. The van der Waals surface area contributed by atoms with Crippen LogP contribution in [0.3, 0.4) is 0 Å². The molecule has 6 nitrogen and oxygen atoms in total. The van der Waals surface area contributed by atoms with Gasteiger partial charge in [-0.3, -0.25) is 14.6 Å². The highest BCUT2D eigenvalue weighted by molar-refractivity contribution is 6.04. The van der Waals surface area contributed by atoms with Crippen LogP contribution in [0, 0.1) is 5.92 Å². The maximum atomic E-state index is 13.5. The summed E-state index contributed by atoms with van der Waals surface area (Å²) in [4.78, 5) is 40.9. The highest BCUT2D eigenvalue weighted by Gasteiger charge is 2.48. The number of aromatic nitrogens is 4. The van der Waals surface area contributed by atoms with E-state index in [0.717, 1.165) is 0 Å². The van der Waals surface area contributed by atoms with Gasteiger partial charge in [0.2, 0.25) is 5.92 Å². The lowest BCUT2D eigenvalue weighted by Crippen LogP contribution is -2.35. The molecule has 0 unspecified atom stereocenters. The molecule has 0 amide bonds. The molecule has 3 aromatic heterocycles. The predicted octanol–water partition coefficient (Wildman–Crippen LogP) is 5.93. The van der Waals surface area contributed by atoms with E-state index in [1.807, 2.05) is 0 Å². The lowest BCUT2D eigenvalue weighted by Gasteiger charge is -2.35. The Kier molecular flexibility index (Phi) is 5.91. The summed E-state index contributed by atoms with van der Waals surface area (Å²) in [6, 6.07) is 2.84. The maximum absolute atomic E-state index is 13.5. The topological polar surface area (TPSA) is 88.6 Å². The predicted molar refractivity (Wildman–Crippen MR) is 121 cm³/mol. The fourth-order valence-corrected chi connectivity index (χ4v) is 5.27. The highest BCUT2D eigenvalue weighted by atomic mass is 19.4. The van der Waals surface area contributed by atoms with E-state index in [1.54, 1.807) is 6.07 Å². The fourth-order valence-electron chi connectivity index (χ4n) is 5.27. The van der Waals surface area contributed by atoms with E-state index in [1.165, 1.54) is 25.4 Å². The molecule has 0 atom stereocenters. The van der Waals surface area contributed by atoms with Gasteiger partial charge in [0.15, 0.2) is 11.2 Å². The van der Waals surface area contributed by atoms with Crippen LogP contribution in [0.25, 0.3) is 22.2 Å². The number of ketones is 1. The molecule has 0 aromatic carbocycles. The van der Waals surface area contributed by atoms with Crippen molar-refractivity contribution in [3.8, 4) is 11.3 Å². The average molecular weight is 506 g/mol. The lowest BCUT2D eigenvalue weighted by molar-refractivity contribution is -0.182. The second-order valence-corrected chi connectivity index (χ2v) is 9.76. The molecule has 2 fully saturated rings. The van der Waals surface area contributed by atoms with Gasteiger partial charge in [-0.1, -0.05) is 0 Å². The van der Waals surface area contributed by atoms with Gasteiger partial charge in [-0.25, -0.2) is 18.7 Å². The summed E-state index contributed by atoms with van der Waals surface area (Å²) in [5, 5.41) is 0.134. The number of hydrogen-bond acceptors (Lipinski definition) is 5. The quantitative estimate of drug-likeness (QED) is 0.350. The van der Waals surface area contributed by atoms with E-state index < -0.39 is 29.4 Å². The Balaban J connectivity index is 1.58. The van der Waals surface area contributed by atoms with Crippen molar-refractivity contribution in [2.75, 3.05) is 0 Å². The minimum Gasteiger partial charge on any atom is -0.354 e. The molecule has 11 heteroatoms. The Hall–Kier alpha value is -3.24. The number of pyridine rings is 2. The zero-order chi connectivity index (χ0) is 25.8. The van der Waals surface area contributed by atoms with Crippen LogP contribution < -0.4 is 5.43 Å². The summed E-state index contributed by atoms with van der Waals surface area (Å²) in [7, 11) is 0. The second-order valence-electron chi connectivity index (χ2n) is 9.76. The van der Waals surface area contributed by atoms with Gasteiger partial charge >= 0.3 is 6.18 Å². The number of aromatic amines is 1. The average Bonchev–Trinajstić information content (AvgIpc) is 2.81. The van der Waals surface area contributed by atoms with Crippen LogP contribution in [0.2, 0.25) is 0 Å². The summed E-state index contributed by atoms with van der Waals surface area (Å²) in [6.07, 6.45) is -1.83. The van der Waals surface area contributed by atoms with Crippen molar-refractivity contribution in [1.29, 1.82) is 0 Å². The van der Waals surface area contributed by atoms with E-state index >= 15 is 0 Å². The Morgan fingerprint density at radius 3 is 2.39 bits per heavy atom. The molecule has 2 aliphatic rings. The standard InChI is InChI=1S/C25H23F5N4O2/c1-12(35)21-20-17(6-7-31-21)33-18(8-19(20)36)16-11-32-23(14-9-24(26,27)10-14)34-22(16)13-2-4-15(5-3-13)25(28,29)30/h6-8,11,13-15H,2-5,9-10H2,1H3,(H,33,36)/t13-,15+. The normalized spacial score (nSPS) is 22.4. The van der Waals surface area contributed by atoms with Crippen molar-refractivity contribution in [3.63, 3.8) is 0 Å². The first kappa shape index (κ1) is 24.5. The number of H-pyrrole nitrogens is 1. The third kappa shape index (κ3) is 4.51. The summed E-state index contributed by atoms with van der Waals surface area (Å²) in [5.41, 5.74) is 1.17. The molecule has 1 N–H and O–H groups in total. The molecule has 190 valence electrons. The van der Waals surface area contributed by atoms with Crippen molar-refractivity contribution in [2.45, 2.75) is 69.4 Å². The molecule has 2 aliphatic carbocycles. The molecule has 5 rings (SSSR count). The van der Waals surface area contributed by atoms with Crippen molar-refractivity contribution in [3.05, 3.63) is 52.0 Å². The molecular formula is C25H23F5N4O2. The molecule has 0 radical (unpaired) electrons.